The maximum absolute atomic E-state index is 13.7. The molecule has 1 aliphatic carbocycles. The molecule has 2 N–H and O–H groups in total. The molecular weight excluding hydrogens is 394 g/mol. The van der Waals surface area contributed by atoms with E-state index in [9.17, 15) is 13.6 Å². The van der Waals surface area contributed by atoms with Crippen molar-refractivity contribution in [1.82, 2.24) is 5.32 Å². The second-order valence-electron chi connectivity index (χ2n) is 6.73. The number of benzene rings is 2. The normalized spacial score (nSPS) is 21.4. The predicted molar refractivity (Wildman–Crippen MR) is 109 cm³/mol. The number of amides is 2. The van der Waals surface area contributed by atoms with Crippen molar-refractivity contribution in [1.29, 1.82) is 0 Å². The number of hydrogen-bond donors (Lipinski definition) is 2. The summed E-state index contributed by atoms with van der Waals surface area (Å²) in [6.45, 7) is 3.46. The molecule has 2 aromatic carbocycles. The topological polar surface area (TPSA) is 84.3 Å². The number of rotatable bonds is 6. The maximum Gasteiger partial charge on any atom is 0.319 e. The van der Waals surface area contributed by atoms with Crippen molar-refractivity contribution in [2.75, 3.05) is 12.4 Å². The third kappa shape index (κ3) is 3.86. The third-order valence-electron chi connectivity index (χ3n) is 4.78. The highest BCUT2D eigenvalue weighted by atomic mass is 19.1. The van der Waals surface area contributed by atoms with Crippen LogP contribution in [0.5, 0.6) is 11.5 Å². The van der Waals surface area contributed by atoms with Crippen molar-refractivity contribution >= 4 is 24.7 Å². The molecule has 2 aromatic rings. The van der Waals surface area contributed by atoms with Gasteiger partial charge in [0.25, 0.3) is 0 Å². The van der Waals surface area contributed by atoms with Crippen molar-refractivity contribution < 1.29 is 23.0 Å². The van der Waals surface area contributed by atoms with Gasteiger partial charge in [-0.1, -0.05) is 0 Å². The van der Waals surface area contributed by atoms with Crippen molar-refractivity contribution in [3.05, 3.63) is 65.6 Å². The number of nitrogens with one attached hydrogen (secondary N) is 2. The predicted octanol–water partition coefficient (Wildman–Crippen LogP) is 3.63. The Balaban J connectivity index is 1.41. The van der Waals surface area contributed by atoms with Gasteiger partial charge in [0, 0.05) is 31.0 Å². The smallest absolute Gasteiger partial charge is 0.319 e. The molecule has 1 fully saturated rings. The summed E-state index contributed by atoms with van der Waals surface area (Å²) in [7, 11) is 1.63. The van der Waals surface area contributed by atoms with Crippen molar-refractivity contribution in [2.45, 2.75) is 18.1 Å². The molecule has 2 aliphatic rings. The van der Waals surface area contributed by atoms with Crippen LogP contribution in [0, 0.1) is 11.6 Å². The van der Waals surface area contributed by atoms with Gasteiger partial charge >= 0.3 is 6.03 Å². The first kappa shape index (κ1) is 19.6. The molecular formula is C21H18F2N4O3. The maximum atomic E-state index is 13.7. The van der Waals surface area contributed by atoms with Gasteiger partial charge in [-0.15, -0.1) is 0 Å². The first-order valence-electron chi connectivity index (χ1n) is 9.10. The molecule has 4 rings (SSSR count). The van der Waals surface area contributed by atoms with Crippen LogP contribution >= 0.6 is 0 Å². The highest BCUT2D eigenvalue weighted by Crippen LogP contribution is 2.54. The standard InChI is InChI=1S/C21H18F2N4O3/c1-24-8-7-17(25-2)29-12-4-6-16-13(10-12)18-19(20(18)30-16)27-21(28)26-15-5-3-11(22)9-14(15)23/h3-10,18-20H,2H2,1H3,(H2,26,27,28)/b17-7+,24-8?/t18-,19-,20-/m0/s1. The Morgan fingerprint density at radius 3 is 2.83 bits per heavy atom. The molecule has 3 atom stereocenters. The lowest BCUT2D eigenvalue weighted by Crippen LogP contribution is -2.34. The van der Waals surface area contributed by atoms with Crippen LogP contribution in [0.1, 0.15) is 11.5 Å². The number of nitrogens with zero attached hydrogens (tertiary/aromatic N) is 2. The highest BCUT2D eigenvalue weighted by Gasteiger charge is 2.59. The molecule has 154 valence electrons. The van der Waals surface area contributed by atoms with E-state index in [1.807, 2.05) is 6.07 Å². The Kier molecular flexibility index (Phi) is 5.18. The van der Waals surface area contributed by atoms with E-state index in [4.69, 9.17) is 9.47 Å². The second kappa shape index (κ2) is 7.94. The van der Waals surface area contributed by atoms with Crippen LogP contribution in [0.25, 0.3) is 0 Å². The van der Waals surface area contributed by atoms with Crippen LogP contribution in [-0.4, -0.2) is 38.2 Å². The summed E-state index contributed by atoms with van der Waals surface area (Å²) >= 11 is 0. The molecule has 0 saturated heterocycles. The Bertz CT molecular complexity index is 1070. The average molecular weight is 412 g/mol. The Labute approximate surface area is 171 Å². The van der Waals surface area contributed by atoms with Crippen LogP contribution in [0.3, 0.4) is 0 Å². The summed E-state index contributed by atoms with van der Waals surface area (Å²) in [6, 6.07) is 7.42. The van der Waals surface area contributed by atoms with Gasteiger partial charge in [-0.05, 0) is 37.0 Å². The van der Waals surface area contributed by atoms with Gasteiger partial charge in [0.2, 0.25) is 5.88 Å². The molecule has 1 saturated carbocycles. The van der Waals surface area contributed by atoms with Crippen LogP contribution in [0.2, 0.25) is 0 Å². The molecule has 1 aliphatic heterocycles. The number of allylic oxidation sites excluding steroid dienone is 1. The summed E-state index contributed by atoms with van der Waals surface area (Å²) in [6.07, 6.45) is 2.92. The Hall–Kier alpha value is -3.75. The molecule has 1 heterocycles. The third-order valence-corrected chi connectivity index (χ3v) is 4.78. The quantitative estimate of drug-likeness (QED) is 0.561. The molecule has 30 heavy (non-hydrogen) atoms. The zero-order valence-corrected chi connectivity index (χ0v) is 15.9. The summed E-state index contributed by atoms with van der Waals surface area (Å²) < 4.78 is 38.2. The lowest BCUT2D eigenvalue weighted by Gasteiger charge is -2.13. The summed E-state index contributed by atoms with van der Waals surface area (Å²) in [5.41, 5.74) is 0.784. The van der Waals surface area contributed by atoms with Crippen molar-refractivity contribution in [2.24, 2.45) is 9.98 Å². The molecule has 0 bridgehead atoms. The van der Waals surface area contributed by atoms with E-state index in [0.29, 0.717) is 23.4 Å². The summed E-state index contributed by atoms with van der Waals surface area (Å²) in [5, 5.41) is 5.13. The van der Waals surface area contributed by atoms with Crippen molar-refractivity contribution in [3.8, 4) is 11.5 Å². The fourth-order valence-electron chi connectivity index (χ4n) is 3.36. The number of halogens is 2. The number of carbonyl (C=O) groups is 1. The van der Waals surface area contributed by atoms with Crippen LogP contribution in [0.4, 0.5) is 19.3 Å². The number of hydrogen-bond acceptors (Lipinski definition) is 5. The van der Waals surface area contributed by atoms with Gasteiger partial charge in [-0.25, -0.2) is 18.6 Å². The molecule has 0 aromatic heterocycles. The minimum atomic E-state index is -0.850. The van der Waals surface area contributed by atoms with E-state index in [1.165, 1.54) is 0 Å². The number of ether oxygens (including phenoxy) is 2. The molecule has 7 nitrogen and oxygen atoms in total. The van der Waals surface area contributed by atoms with E-state index in [1.54, 1.807) is 31.5 Å². The lowest BCUT2D eigenvalue weighted by molar-refractivity contribution is 0.246. The van der Waals surface area contributed by atoms with Crippen LogP contribution < -0.4 is 20.1 Å². The van der Waals surface area contributed by atoms with Gasteiger partial charge in [-0.3, -0.25) is 4.99 Å². The first-order chi connectivity index (χ1) is 14.5. The monoisotopic (exact) mass is 412 g/mol. The van der Waals surface area contributed by atoms with E-state index >= 15 is 0 Å². The Morgan fingerprint density at radius 1 is 1.27 bits per heavy atom. The number of urea groups is 1. The zero-order chi connectivity index (χ0) is 21.3. The van der Waals surface area contributed by atoms with E-state index in [0.717, 1.165) is 17.7 Å². The van der Waals surface area contributed by atoms with Crippen LogP contribution in [0.15, 0.2) is 58.3 Å². The lowest BCUT2D eigenvalue weighted by atomic mass is 10.1. The van der Waals surface area contributed by atoms with Gasteiger partial charge in [-0.2, -0.15) is 0 Å². The fraction of sp³-hybridized carbons (Fsp3) is 0.190. The fourth-order valence-corrected chi connectivity index (χ4v) is 3.36. The first-order valence-corrected chi connectivity index (χ1v) is 9.10. The van der Waals surface area contributed by atoms with E-state index in [2.05, 4.69) is 27.3 Å². The molecule has 9 heteroatoms. The van der Waals surface area contributed by atoms with Crippen LogP contribution in [-0.2, 0) is 0 Å². The summed E-state index contributed by atoms with van der Waals surface area (Å²) in [5.74, 6) is -0.0599. The van der Waals surface area contributed by atoms with Gasteiger partial charge < -0.3 is 20.1 Å². The average Bonchev–Trinajstić information content (AvgIpc) is 3.23. The number of anilines is 1. The van der Waals surface area contributed by atoms with Crippen molar-refractivity contribution in [3.63, 3.8) is 0 Å². The van der Waals surface area contributed by atoms with E-state index < -0.39 is 17.7 Å². The van der Waals surface area contributed by atoms with Gasteiger partial charge in [0.05, 0.1) is 17.6 Å². The minimum absolute atomic E-state index is 0.0475. The molecule has 0 radical (unpaired) electrons. The number of carbonyl (C=O) groups excluding carboxylic acids is 1. The molecule has 0 unspecified atom stereocenters. The molecule has 2 amide bonds. The number of fused-ring (bicyclic) bond motifs is 3. The SMILES string of the molecule is C=N/C(=C\C=NC)Oc1ccc2c(c1)[C@H]1[C@H](NC(=O)Nc3ccc(F)cc3F)[C@H]1O2. The summed E-state index contributed by atoms with van der Waals surface area (Å²) in [4.78, 5) is 19.8. The van der Waals surface area contributed by atoms with Gasteiger partial charge in [0.15, 0.2) is 0 Å². The largest absolute Gasteiger partial charge is 0.487 e. The highest BCUT2D eigenvalue weighted by molar-refractivity contribution is 5.90. The second-order valence-corrected chi connectivity index (χ2v) is 6.73. The number of aliphatic imine (C=N–C) groups is 2. The van der Waals surface area contributed by atoms with Gasteiger partial charge in [0.1, 0.15) is 29.2 Å². The zero-order valence-electron chi connectivity index (χ0n) is 15.9. The van der Waals surface area contributed by atoms with E-state index in [-0.39, 0.29) is 23.8 Å². The molecule has 0 spiro atoms. The Morgan fingerprint density at radius 2 is 2.10 bits per heavy atom. The minimum Gasteiger partial charge on any atom is -0.487 e.